The van der Waals surface area contributed by atoms with Crippen molar-refractivity contribution in [1.82, 2.24) is 15.1 Å². The topological polar surface area (TPSA) is 52.7 Å². The Labute approximate surface area is 151 Å². The summed E-state index contributed by atoms with van der Waals surface area (Å²) in [7, 11) is 4.06. The number of piperidine rings is 1. The molecule has 0 radical (unpaired) electrons. The molecule has 2 amide bonds. The molecule has 5 heteroatoms. The molecule has 1 aliphatic rings. The van der Waals surface area contributed by atoms with Crippen LogP contribution in [0, 0.1) is 19.8 Å². The average molecular weight is 345 g/mol. The van der Waals surface area contributed by atoms with Crippen molar-refractivity contribution in [3.8, 4) is 0 Å². The van der Waals surface area contributed by atoms with Crippen LogP contribution in [0.15, 0.2) is 18.2 Å². The SMILES string of the molecule is Cc1ccc(C(=O)N2CCC(C(=O)NCCCN(C)C)CC2)cc1C. The Hall–Kier alpha value is -1.88. The van der Waals surface area contributed by atoms with E-state index in [9.17, 15) is 9.59 Å². The lowest BCUT2D eigenvalue weighted by molar-refractivity contribution is -0.126. The number of hydrogen-bond acceptors (Lipinski definition) is 3. The van der Waals surface area contributed by atoms with Crippen LogP contribution in [0.3, 0.4) is 0 Å². The zero-order valence-electron chi connectivity index (χ0n) is 16.0. The van der Waals surface area contributed by atoms with Crippen LogP contribution < -0.4 is 5.32 Å². The molecule has 0 saturated carbocycles. The van der Waals surface area contributed by atoms with E-state index in [1.807, 2.05) is 51.0 Å². The zero-order valence-corrected chi connectivity index (χ0v) is 16.0. The van der Waals surface area contributed by atoms with Gasteiger partial charge in [-0.15, -0.1) is 0 Å². The third-order valence-electron chi connectivity index (χ3n) is 4.99. The number of amides is 2. The minimum atomic E-state index is 0.0307. The first-order chi connectivity index (χ1) is 11.9. The normalized spacial score (nSPS) is 15.5. The second kappa shape index (κ2) is 8.99. The van der Waals surface area contributed by atoms with Gasteiger partial charge in [0.25, 0.3) is 5.91 Å². The average Bonchev–Trinajstić information content (AvgIpc) is 2.60. The molecule has 1 saturated heterocycles. The summed E-state index contributed by atoms with van der Waals surface area (Å²) in [5.41, 5.74) is 3.08. The highest BCUT2D eigenvalue weighted by Crippen LogP contribution is 2.20. The number of aryl methyl sites for hydroxylation is 2. The predicted octanol–water partition coefficient (Wildman–Crippen LogP) is 2.22. The lowest BCUT2D eigenvalue weighted by Crippen LogP contribution is -2.43. The summed E-state index contributed by atoms with van der Waals surface area (Å²) in [4.78, 5) is 28.9. The monoisotopic (exact) mass is 345 g/mol. The third kappa shape index (κ3) is 5.56. The van der Waals surface area contributed by atoms with Gasteiger partial charge in [-0.1, -0.05) is 6.07 Å². The first-order valence-corrected chi connectivity index (χ1v) is 9.17. The number of carbonyl (C=O) groups excluding carboxylic acids is 2. The van der Waals surface area contributed by atoms with Gasteiger partial charge in [-0.05, 0) is 77.0 Å². The highest BCUT2D eigenvalue weighted by Gasteiger charge is 2.27. The maximum atomic E-state index is 12.6. The lowest BCUT2D eigenvalue weighted by Gasteiger charge is -2.31. The first-order valence-electron chi connectivity index (χ1n) is 9.17. The Balaban J connectivity index is 1.79. The van der Waals surface area contributed by atoms with E-state index in [0.717, 1.165) is 43.5 Å². The molecule has 0 aromatic heterocycles. The molecule has 0 unspecified atom stereocenters. The zero-order chi connectivity index (χ0) is 18.4. The van der Waals surface area contributed by atoms with E-state index in [1.165, 1.54) is 5.56 Å². The van der Waals surface area contributed by atoms with Gasteiger partial charge in [0.15, 0.2) is 0 Å². The molecule has 1 aliphatic heterocycles. The third-order valence-corrected chi connectivity index (χ3v) is 4.99. The number of carbonyl (C=O) groups is 2. The summed E-state index contributed by atoms with van der Waals surface area (Å²) in [5, 5.41) is 3.03. The molecule has 0 aliphatic carbocycles. The van der Waals surface area contributed by atoms with Gasteiger partial charge in [0.1, 0.15) is 0 Å². The predicted molar refractivity (Wildman–Crippen MR) is 101 cm³/mol. The second-order valence-electron chi connectivity index (χ2n) is 7.31. The summed E-state index contributed by atoms with van der Waals surface area (Å²) in [6.45, 7) is 7.08. The van der Waals surface area contributed by atoms with Crippen LogP contribution in [0.25, 0.3) is 0 Å². The molecule has 25 heavy (non-hydrogen) atoms. The minimum absolute atomic E-state index is 0.0307. The van der Waals surface area contributed by atoms with Crippen LogP contribution in [0.1, 0.15) is 40.7 Å². The standard InChI is InChI=1S/C20H31N3O2/c1-15-6-7-18(14-16(15)2)20(25)23-12-8-17(9-13-23)19(24)21-10-5-11-22(3)4/h6-7,14,17H,5,8-13H2,1-4H3,(H,21,24). The molecule has 1 fully saturated rings. The van der Waals surface area contributed by atoms with Crippen LogP contribution in [-0.4, -0.2) is 61.9 Å². The van der Waals surface area contributed by atoms with Crippen LogP contribution in [-0.2, 0) is 4.79 Å². The van der Waals surface area contributed by atoms with E-state index in [-0.39, 0.29) is 17.7 Å². The van der Waals surface area contributed by atoms with Crippen molar-refractivity contribution in [1.29, 1.82) is 0 Å². The van der Waals surface area contributed by atoms with Crippen molar-refractivity contribution in [3.05, 3.63) is 34.9 Å². The Bertz CT molecular complexity index is 605. The van der Waals surface area contributed by atoms with E-state index in [0.29, 0.717) is 13.1 Å². The fraction of sp³-hybridized carbons (Fsp3) is 0.600. The van der Waals surface area contributed by atoms with Gasteiger partial charge < -0.3 is 15.1 Å². The number of likely N-dealkylation sites (tertiary alicyclic amines) is 1. The molecule has 0 atom stereocenters. The van der Waals surface area contributed by atoms with Crippen molar-refractivity contribution < 1.29 is 9.59 Å². The molecule has 5 nitrogen and oxygen atoms in total. The highest BCUT2D eigenvalue weighted by atomic mass is 16.2. The Morgan fingerprint density at radius 1 is 1.16 bits per heavy atom. The summed E-state index contributed by atoms with van der Waals surface area (Å²) < 4.78 is 0. The maximum absolute atomic E-state index is 12.6. The molecule has 1 heterocycles. The number of hydrogen-bond donors (Lipinski definition) is 1. The summed E-state index contributed by atoms with van der Waals surface area (Å²) >= 11 is 0. The van der Waals surface area contributed by atoms with Crippen molar-refractivity contribution >= 4 is 11.8 Å². The number of benzene rings is 1. The Morgan fingerprint density at radius 3 is 2.44 bits per heavy atom. The second-order valence-corrected chi connectivity index (χ2v) is 7.31. The number of rotatable bonds is 6. The summed E-state index contributed by atoms with van der Waals surface area (Å²) in [5.74, 6) is 0.244. The molecular weight excluding hydrogens is 314 g/mol. The highest BCUT2D eigenvalue weighted by molar-refractivity contribution is 5.94. The summed E-state index contributed by atoms with van der Waals surface area (Å²) in [6.07, 6.45) is 2.45. The first kappa shape index (κ1) is 19.4. The smallest absolute Gasteiger partial charge is 0.253 e. The van der Waals surface area contributed by atoms with Gasteiger partial charge >= 0.3 is 0 Å². The molecule has 1 N–H and O–H groups in total. The van der Waals surface area contributed by atoms with Crippen molar-refractivity contribution in [2.24, 2.45) is 5.92 Å². The Morgan fingerprint density at radius 2 is 1.84 bits per heavy atom. The molecule has 2 rings (SSSR count). The van der Waals surface area contributed by atoms with Crippen molar-refractivity contribution in [2.75, 3.05) is 40.3 Å². The van der Waals surface area contributed by atoms with Crippen LogP contribution in [0.5, 0.6) is 0 Å². The lowest BCUT2D eigenvalue weighted by atomic mass is 9.95. The van der Waals surface area contributed by atoms with Crippen LogP contribution >= 0.6 is 0 Å². The van der Waals surface area contributed by atoms with Gasteiger partial charge in [-0.2, -0.15) is 0 Å². The number of nitrogens with zero attached hydrogens (tertiary/aromatic N) is 2. The molecule has 0 bridgehead atoms. The molecular formula is C20H31N3O2. The minimum Gasteiger partial charge on any atom is -0.356 e. The van der Waals surface area contributed by atoms with Gasteiger partial charge in [-0.3, -0.25) is 9.59 Å². The Kier molecular flexibility index (Phi) is 7.00. The maximum Gasteiger partial charge on any atom is 0.253 e. The van der Waals surface area contributed by atoms with E-state index in [4.69, 9.17) is 0 Å². The quantitative estimate of drug-likeness (QED) is 0.805. The van der Waals surface area contributed by atoms with Crippen LogP contribution in [0.2, 0.25) is 0 Å². The van der Waals surface area contributed by atoms with Crippen LogP contribution in [0.4, 0.5) is 0 Å². The van der Waals surface area contributed by atoms with E-state index in [1.54, 1.807) is 0 Å². The van der Waals surface area contributed by atoms with E-state index in [2.05, 4.69) is 10.2 Å². The van der Waals surface area contributed by atoms with Gasteiger partial charge in [0, 0.05) is 31.1 Å². The molecule has 138 valence electrons. The fourth-order valence-electron chi connectivity index (χ4n) is 3.15. The van der Waals surface area contributed by atoms with Gasteiger partial charge in [0.2, 0.25) is 5.91 Å². The van der Waals surface area contributed by atoms with E-state index < -0.39 is 0 Å². The fourth-order valence-corrected chi connectivity index (χ4v) is 3.15. The van der Waals surface area contributed by atoms with Crippen molar-refractivity contribution in [3.63, 3.8) is 0 Å². The van der Waals surface area contributed by atoms with Gasteiger partial charge in [0.05, 0.1) is 0 Å². The van der Waals surface area contributed by atoms with Crippen molar-refractivity contribution in [2.45, 2.75) is 33.1 Å². The molecule has 1 aromatic rings. The molecule has 1 aromatic carbocycles. The molecule has 0 spiro atoms. The van der Waals surface area contributed by atoms with E-state index >= 15 is 0 Å². The van der Waals surface area contributed by atoms with Gasteiger partial charge in [-0.25, -0.2) is 0 Å². The summed E-state index contributed by atoms with van der Waals surface area (Å²) in [6, 6.07) is 5.85. The number of nitrogens with one attached hydrogen (secondary N) is 1. The largest absolute Gasteiger partial charge is 0.356 e.